The number of hydrazone groups is 1. The molecule has 224 valence electrons. The molecule has 0 saturated carbocycles. The minimum Gasteiger partial charge on any atom is -0.488 e. The lowest BCUT2D eigenvalue weighted by atomic mass is 9.99. The van der Waals surface area contributed by atoms with Crippen LogP contribution < -0.4 is 15.9 Å². The molecule has 0 atom stereocenters. The van der Waals surface area contributed by atoms with Gasteiger partial charge in [-0.05, 0) is 60.4 Å². The molecule has 1 aliphatic rings. The molecule has 3 N–H and O–H groups in total. The number of nitrogens with zero attached hydrogens (tertiary/aromatic N) is 8. The van der Waals surface area contributed by atoms with E-state index in [1.54, 1.807) is 18.2 Å². The van der Waals surface area contributed by atoms with Gasteiger partial charge in [0, 0.05) is 39.8 Å². The summed E-state index contributed by atoms with van der Waals surface area (Å²) < 4.78 is 11.9. The molecule has 3 heterocycles. The van der Waals surface area contributed by atoms with E-state index in [-0.39, 0.29) is 40.9 Å². The largest absolute Gasteiger partial charge is 0.488 e. The number of nitrogens with two attached hydrogens (primary N) is 1. The molecule has 0 aliphatic carbocycles. The topological polar surface area (TPSA) is 193 Å². The Hall–Kier alpha value is -4.60. The lowest BCUT2D eigenvalue weighted by Crippen LogP contribution is -2.34. The van der Waals surface area contributed by atoms with Gasteiger partial charge in [0.2, 0.25) is 11.6 Å². The van der Waals surface area contributed by atoms with Gasteiger partial charge >= 0.3 is 0 Å². The molecule has 2 aromatic heterocycles. The predicted octanol–water partition coefficient (Wildman–Crippen LogP) is 4.02. The number of aromatic nitrogens is 5. The molecule has 0 bridgehead atoms. The summed E-state index contributed by atoms with van der Waals surface area (Å²) in [7, 11) is 0. The van der Waals surface area contributed by atoms with Gasteiger partial charge in [-0.15, -0.1) is 5.10 Å². The molecule has 1 amide bonds. The van der Waals surface area contributed by atoms with Crippen molar-refractivity contribution in [2.24, 2.45) is 11.0 Å². The number of likely N-dealkylation sites (tertiary alicyclic amines) is 1. The summed E-state index contributed by atoms with van der Waals surface area (Å²) in [5, 5.41) is 31.7. The van der Waals surface area contributed by atoms with Crippen molar-refractivity contribution >= 4 is 46.8 Å². The minimum atomic E-state index is -0.673. The Labute approximate surface area is 254 Å². The fraction of sp³-hybridized carbons (Fsp3) is 0.308. The van der Waals surface area contributed by atoms with Gasteiger partial charge in [-0.3, -0.25) is 19.8 Å². The van der Waals surface area contributed by atoms with Crippen molar-refractivity contribution in [3.63, 3.8) is 0 Å². The Morgan fingerprint density at radius 3 is 2.67 bits per heavy atom. The van der Waals surface area contributed by atoms with E-state index < -0.39 is 10.8 Å². The number of anilines is 1. The number of nitro benzene ring substituents is 1. The number of nitrogen functional groups attached to an aromatic ring is 1. The van der Waals surface area contributed by atoms with Gasteiger partial charge in [-0.25, -0.2) is 10.1 Å². The van der Waals surface area contributed by atoms with Crippen LogP contribution in [0.25, 0.3) is 5.82 Å². The minimum absolute atomic E-state index is 0.00864. The van der Waals surface area contributed by atoms with Crippen molar-refractivity contribution in [1.82, 2.24) is 35.6 Å². The monoisotopic (exact) mass is 628 g/mol. The smallest absolute Gasteiger partial charge is 0.293 e. The summed E-state index contributed by atoms with van der Waals surface area (Å²) >= 11 is 12.5. The summed E-state index contributed by atoms with van der Waals surface area (Å²) in [5.74, 6) is 0.274. The van der Waals surface area contributed by atoms with Crippen LogP contribution in [0.4, 0.5) is 11.5 Å². The fourth-order valence-corrected chi connectivity index (χ4v) is 4.98. The molecule has 2 aromatic carbocycles. The van der Waals surface area contributed by atoms with Gasteiger partial charge in [-0.1, -0.05) is 41.4 Å². The first kappa shape index (κ1) is 29.9. The van der Waals surface area contributed by atoms with E-state index in [1.165, 1.54) is 29.1 Å². The average Bonchev–Trinajstić information content (AvgIpc) is 3.59. The van der Waals surface area contributed by atoms with Gasteiger partial charge in [-0.2, -0.15) is 9.78 Å². The third-order valence-electron chi connectivity index (χ3n) is 6.93. The highest BCUT2D eigenvalue weighted by molar-refractivity contribution is 6.35. The van der Waals surface area contributed by atoms with Gasteiger partial charge in [0.25, 0.3) is 11.6 Å². The van der Waals surface area contributed by atoms with E-state index in [0.29, 0.717) is 33.8 Å². The Bertz CT molecular complexity index is 1650. The van der Waals surface area contributed by atoms with Crippen LogP contribution in [0.5, 0.6) is 5.75 Å². The lowest BCUT2D eigenvalue weighted by molar-refractivity contribution is -0.384. The average molecular weight is 629 g/mol. The number of halogens is 2. The third kappa shape index (κ3) is 6.90. The van der Waals surface area contributed by atoms with Crippen molar-refractivity contribution in [3.05, 3.63) is 79.1 Å². The second-order valence-electron chi connectivity index (χ2n) is 9.90. The number of non-ortho nitro benzene ring substituents is 1. The molecule has 0 unspecified atom stereocenters. The number of ether oxygens (including phenoxy) is 1. The van der Waals surface area contributed by atoms with Crippen LogP contribution >= 0.6 is 23.2 Å². The van der Waals surface area contributed by atoms with Crippen LogP contribution in [0, 0.1) is 16.0 Å². The zero-order valence-corrected chi connectivity index (χ0v) is 24.3. The Balaban J connectivity index is 1.37. The van der Waals surface area contributed by atoms with Crippen molar-refractivity contribution in [2.75, 3.05) is 18.8 Å². The van der Waals surface area contributed by atoms with Gasteiger partial charge in [0.1, 0.15) is 12.4 Å². The molecule has 43 heavy (non-hydrogen) atoms. The molecule has 15 nitrogen and oxygen atoms in total. The highest BCUT2D eigenvalue weighted by Crippen LogP contribution is 2.28. The van der Waals surface area contributed by atoms with Crippen LogP contribution in [0.3, 0.4) is 0 Å². The normalized spacial score (nSPS) is 14.3. The van der Waals surface area contributed by atoms with Crippen LogP contribution in [-0.4, -0.2) is 60.3 Å². The number of rotatable bonds is 10. The standard InChI is InChI=1S/C26H26Cl2N10O5/c1-15-7-9-36(10-8-15)13-21-23(31-35-37(21)25-24(29)33-43-34-25)26(39)32-30-12-16-11-17(38(40)41)5-6-22(16)42-14-18-19(27)3-2-4-20(18)28/h2-6,11-12,15H,7-10,13-14H2,1H3,(H2,29,33)(H,32,39)/b30-12-. The molecule has 1 fully saturated rings. The zero-order chi connectivity index (χ0) is 30.5. The molecule has 17 heteroatoms. The lowest BCUT2D eigenvalue weighted by Gasteiger charge is -2.30. The van der Waals surface area contributed by atoms with Gasteiger partial charge in [0.05, 0.1) is 16.8 Å². The van der Waals surface area contributed by atoms with Crippen molar-refractivity contribution in [2.45, 2.75) is 32.9 Å². The maximum Gasteiger partial charge on any atom is 0.293 e. The number of piperidine rings is 1. The maximum absolute atomic E-state index is 13.2. The van der Waals surface area contributed by atoms with Crippen LogP contribution in [-0.2, 0) is 13.2 Å². The SMILES string of the molecule is CC1CCN(Cc2c(C(=O)N/N=C\c3cc([N+](=O)[O-])ccc3OCc3c(Cl)cccc3Cl)nnn2-c2nonc2N)CC1. The first-order chi connectivity index (χ1) is 20.7. The van der Waals surface area contributed by atoms with Crippen LogP contribution in [0.15, 0.2) is 46.1 Å². The molecule has 1 saturated heterocycles. The first-order valence-corrected chi connectivity index (χ1v) is 13.9. The number of hydrogen-bond donors (Lipinski definition) is 2. The van der Waals surface area contributed by atoms with E-state index in [1.807, 2.05) is 0 Å². The Morgan fingerprint density at radius 2 is 2.00 bits per heavy atom. The summed E-state index contributed by atoms with van der Waals surface area (Å²) in [4.78, 5) is 26.3. The van der Waals surface area contributed by atoms with E-state index in [4.69, 9.17) is 38.3 Å². The molecule has 5 rings (SSSR count). The van der Waals surface area contributed by atoms with E-state index in [2.05, 4.69) is 43.0 Å². The van der Waals surface area contributed by atoms with Gasteiger partial charge < -0.3 is 10.5 Å². The summed E-state index contributed by atoms with van der Waals surface area (Å²) in [6.07, 6.45) is 3.25. The highest BCUT2D eigenvalue weighted by atomic mass is 35.5. The number of amides is 1. The quantitative estimate of drug-likeness (QED) is 0.146. The fourth-order valence-electron chi connectivity index (χ4n) is 4.48. The number of carbonyl (C=O) groups excluding carboxylic acids is 1. The molecular weight excluding hydrogens is 603 g/mol. The number of nitrogens with one attached hydrogen (secondary N) is 1. The van der Waals surface area contributed by atoms with Crippen molar-refractivity contribution in [1.29, 1.82) is 0 Å². The van der Waals surface area contributed by atoms with Crippen molar-refractivity contribution < 1.29 is 19.1 Å². The van der Waals surface area contributed by atoms with E-state index >= 15 is 0 Å². The number of nitro groups is 1. The third-order valence-corrected chi connectivity index (χ3v) is 7.64. The first-order valence-electron chi connectivity index (χ1n) is 13.1. The second-order valence-corrected chi connectivity index (χ2v) is 10.7. The summed E-state index contributed by atoms with van der Waals surface area (Å²) in [6.45, 7) is 4.18. The van der Waals surface area contributed by atoms with E-state index in [0.717, 1.165) is 25.9 Å². The summed E-state index contributed by atoms with van der Waals surface area (Å²) in [5.41, 5.74) is 9.27. The second kappa shape index (κ2) is 13.1. The number of carbonyl (C=O) groups is 1. The molecular formula is C26H26Cl2N10O5. The van der Waals surface area contributed by atoms with Gasteiger partial charge in [0.15, 0.2) is 5.69 Å². The number of hydrogen-bond acceptors (Lipinski definition) is 12. The zero-order valence-electron chi connectivity index (χ0n) is 22.8. The van der Waals surface area contributed by atoms with Crippen molar-refractivity contribution in [3.8, 4) is 11.6 Å². The number of benzene rings is 2. The Morgan fingerprint density at radius 1 is 1.26 bits per heavy atom. The highest BCUT2D eigenvalue weighted by Gasteiger charge is 2.27. The van der Waals surface area contributed by atoms with Crippen LogP contribution in [0.2, 0.25) is 10.0 Å². The maximum atomic E-state index is 13.2. The molecule has 4 aromatic rings. The van der Waals surface area contributed by atoms with Crippen LogP contribution in [0.1, 0.15) is 47.1 Å². The molecule has 0 spiro atoms. The summed E-state index contributed by atoms with van der Waals surface area (Å²) in [6, 6.07) is 9.02. The Kier molecular flexibility index (Phi) is 9.13. The molecule has 0 radical (unpaired) electrons. The predicted molar refractivity (Wildman–Crippen MR) is 156 cm³/mol. The molecule has 1 aliphatic heterocycles. The van der Waals surface area contributed by atoms with E-state index in [9.17, 15) is 14.9 Å².